The van der Waals surface area contributed by atoms with E-state index < -0.39 is 18.3 Å². The molecule has 8 heteroatoms. The van der Waals surface area contributed by atoms with Crippen LogP contribution in [-0.2, 0) is 11.2 Å². The lowest BCUT2D eigenvalue weighted by Crippen LogP contribution is -2.25. The van der Waals surface area contributed by atoms with Crippen molar-refractivity contribution < 1.29 is 25.2 Å². The lowest BCUT2D eigenvalue weighted by atomic mass is 9.89. The largest absolute Gasteiger partial charge is 0.395 e. The van der Waals surface area contributed by atoms with Gasteiger partial charge in [-0.25, -0.2) is 0 Å². The molecular weight excluding hydrogens is 494 g/mol. The van der Waals surface area contributed by atoms with Crippen LogP contribution in [0.15, 0.2) is 34.8 Å². The summed E-state index contributed by atoms with van der Waals surface area (Å²) in [5, 5.41) is 42.4. The van der Waals surface area contributed by atoms with Crippen LogP contribution in [0, 0.1) is 18.8 Å². The van der Waals surface area contributed by atoms with Crippen LogP contribution in [0.4, 0.5) is 0 Å². The van der Waals surface area contributed by atoms with Gasteiger partial charge in [0.1, 0.15) is 0 Å². The minimum atomic E-state index is -0.613. The van der Waals surface area contributed by atoms with Crippen LogP contribution in [0.25, 0.3) is 0 Å². The second-order valence-electron chi connectivity index (χ2n) is 8.39. The lowest BCUT2D eigenvalue weighted by molar-refractivity contribution is -0.121. The van der Waals surface area contributed by atoms with Crippen molar-refractivity contribution in [3.8, 4) is 0 Å². The maximum atomic E-state index is 11.5. The molecule has 0 radical (unpaired) electrons. The molecule has 0 saturated heterocycles. The molecule has 0 aliphatic heterocycles. The first kappa shape index (κ1) is 27.2. The quantitative estimate of drug-likeness (QED) is 0.199. The summed E-state index contributed by atoms with van der Waals surface area (Å²) in [5.74, 6) is -0.340. The van der Waals surface area contributed by atoms with E-state index in [9.17, 15) is 20.1 Å². The molecule has 0 bridgehead atoms. The van der Waals surface area contributed by atoms with E-state index in [4.69, 9.17) is 5.11 Å². The van der Waals surface area contributed by atoms with Crippen LogP contribution in [0.2, 0.25) is 0 Å². The molecule has 1 amide bonds. The molecule has 5 atom stereocenters. The zero-order valence-electron chi connectivity index (χ0n) is 18.6. The van der Waals surface area contributed by atoms with Crippen molar-refractivity contribution in [3.05, 3.63) is 44.6 Å². The Balaban J connectivity index is 1.77. The highest BCUT2D eigenvalue weighted by Crippen LogP contribution is 2.36. The number of carbonyl (C=O) groups excluding carboxylic acids is 1. The summed E-state index contributed by atoms with van der Waals surface area (Å²) in [5.41, 5.74) is 0. The highest BCUT2D eigenvalue weighted by molar-refractivity contribution is 9.10. The molecule has 5 N–H and O–H groups in total. The Morgan fingerprint density at radius 1 is 1.34 bits per heavy atom. The van der Waals surface area contributed by atoms with Crippen molar-refractivity contribution >= 4 is 33.2 Å². The number of nitrogens with one attached hydrogen (secondary N) is 1. The Morgan fingerprint density at radius 2 is 2.12 bits per heavy atom. The molecule has 6 nitrogen and oxygen atoms in total. The summed E-state index contributed by atoms with van der Waals surface area (Å²) in [6.45, 7) is 2.29. The van der Waals surface area contributed by atoms with E-state index >= 15 is 0 Å². The summed E-state index contributed by atoms with van der Waals surface area (Å²) in [6.07, 6.45) is 10.2. The molecule has 180 valence electrons. The second kappa shape index (κ2) is 14.3. The Labute approximate surface area is 203 Å². The van der Waals surface area contributed by atoms with Crippen molar-refractivity contribution in [3.63, 3.8) is 0 Å². The number of allylic oxidation sites excluding steroid dienone is 2. The van der Waals surface area contributed by atoms with Crippen molar-refractivity contribution in [1.82, 2.24) is 5.32 Å². The smallest absolute Gasteiger partial charge is 0.220 e. The summed E-state index contributed by atoms with van der Waals surface area (Å²) in [7, 11) is 0. The minimum absolute atomic E-state index is 0.0554. The lowest BCUT2D eigenvalue weighted by Gasteiger charge is -2.19. The molecule has 0 spiro atoms. The Morgan fingerprint density at radius 3 is 2.81 bits per heavy atom. The molecule has 1 saturated carbocycles. The molecule has 1 heterocycles. The number of aliphatic hydroxyl groups excluding tert-OH is 4. The molecule has 2 rings (SSSR count). The van der Waals surface area contributed by atoms with E-state index in [2.05, 4.69) is 34.2 Å². The van der Waals surface area contributed by atoms with E-state index in [0.717, 1.165) is 23.7 Å². The number of rotatable bonds is 13. The number of thiophene rings is 1. The fourth-order valence-electron chi connectivity index (χ4n) is 4.03. The minimum Gasteiger partial charge on any atom is -0.395 e. The molecular formula is C24H36BrNO5S. The summed E-state index contributed by atoms with van der Waals surface area (Å²) in [6, 6.07) is 2.09. The van der Waals surface area contributed by atoms with E-state index in [0.29, 0.717) is 25.7 Å². The predicted octanol–water partition coefficient (Wildman–Crippen LogP) is 3.25. The molecule has 1 aliphatic carbocycles. The van der Waals surface area contributed by atoms with Gasteiger partial charge in [-0.1, -0.05) is 24.3 Å². The summed E-state index contributed by atoms with van der Waals surface area (Å²) < 4.78 is 1.10. The molecule has 1 aromatic rings. The van der Waals surface area contributed by atoms with Gasteiger partial charge in [-0.05, 0) is 66.9 Å². The van der Waals surface area contributed by atoms with Crippen molar-refractivity contribution in [2.45, 2.75) is 70.2 Å². The topological polar surface area (TPSA) is 110 Å². The third-order valence-electron chi connectivity index (χ3n) is 5.85. The van der Waals surface area contributed by atoms with Gasteiger partial charge < -0.3 is 25.7 Å². The normalized spacial score (nSPS) is 24.6. The first-order valence-electron chi connectivity index (χ1n) is 11.3. The Hall–Kier alpha value is -1.03. The summed E-state index contributed by atoms with van der Waals surface area (Å²) >= 11 is 5.24. The van der Waals surface area contributed by atoms with E-state index in [1.807, 2.05) is 18.2 Å². The van der Waals surface area contributed by atoms with Gasteiger partial charge in [0.05, 0.1) is 24.9 Å². The fourth-order valence-corrected chi connectivity index (χ4v) is 5.64. The van der Waals surface area contributed by atoms with Gasteiger partial charge >= 0.3 is 0 Å². The zero-order chi connectivity index (χ0) is 23.5. The van der Waals surface area contributed by atoms with Crippen molar-refractivity contribution in [2.24, 2.45) is 11.8 Å². The second-order valence-corrected chi connectivity index (χ2v) is 10.6. The Kier molecular flexibility index (Phi) is 12.1. The molecule has 0 aromatic carbocycles. The molecule has 1 fully saturated rings. The SMILES string of the molecule is Cc1sc(CCC(O)/C=C/[C@H]2C(O)CC(O)[C@@H]2C/C=C\CCCC(=O)NCCO)cc1Br. The van der Waals surface area contributed by atoms with Crippen molar-refractivity contribution in [2.75, 3.05) is 13.2 Å². The standard InChI is InChI=1S/C24H36BrNO5S/c1-16-21(25)14-18(32-16)10-8-17(28)9-11-20-19(22(29)15-23(20)30)6-4-2-3-5-7-24(31)26-12-13-27/h2,4,9,11,14,17,19-20,22-23,27-30H,3,5-8,10,12-13,15H2,1H3,(H,26,31)/b4-2-,11-9+/t17?,19-,20-,22?,23?/m1/s1. The van der Waals surface area contributed by atoms with Crippen molar-refractivity contribution in [1.29, 1.82) is 0 Å². The predicted molar refractivity (Wildman–Crippen MR) is 132 cm³/mol. The first-order valence-corrected chi connectivity index (χ1v) is 12.9. The van der Waals surface area contributed by atoms with Gasteiger partial charge in [0.25, 0.3) is 0 Å². The number of hydrogen-bond donors (Lipinski definition) is 5. The molecule has 3 unspecified atom stereocenters. The number of carbonyl (C=O) groups is 1. The van der Waals surface area contributed by atoms with Gasteiger partial charge in [-0.3, -0.25) is 4.79 Å². The number of amides is 1. The van der Waals surface area contributed by atoms with Gasteiger partial charge in [0.2, 0.25) is 5.91 Å². The van der Waals surface area contributed by atoms with Crippen LogP contribution in [0.1, 0.15) is 48.3 Å². The first-order chi connectivity index (χ1) is 15.3. The van der Waals surface area contributed by atoms with Crippen LogP contribution in [0.3, 0.4) is 0 Å². The molecule has 32 heavy (non-hydrogen) atoms. The highest BCUT2D eigenvalue weighted by Gasteiger charge is 2.39. The Bertz CT molecular complexity index is 746. The van der Waals surface area contributed by atoms with Crippen LogP contribution in [-0.4, -0.2) is 57.8 Å². The number of halogens is 1. The van der Waals surface area contributed by atoms with Gasteiger partial charge in [0, 0.05) is 39.5 Å². The number of aliphatic hydroxyl groups is 4. The average molecular weight is 531 g/mol. The van der Waals surface area contributed by atoms with Crippen LogP contribution in [0.5, 0.6) is 0 Å². The van der Waals surface area contributed by atoms with E-state index in [1.54, 1.807) is 17.4 Å². The average Bonchev–Trinajstić information content (AvgIpc) is 3.22. The van der Waals surface area contributed by atoms with Crippen LogP contribution >= 0.6 is 27.3 Å². The number of aryl methyl sites for hydroxylation is 2. The number of unbranched alkanes of at least 4 members (excludes halogenated alkanes) is 1. The van der Waals surface area contributed by atoms with E-state index in [1.165, 1.54) is 9.75 Å². The maximum absolute atomic E-state index is 11.5. The third-order valence-corrected chi connectivity index (χ3v) is 8.05. The molecule has 1 aliphatic rings. The van der Waals surface area contributed by atoms with E-state index in [-0.39, 0.29) is 30.9 Å². The molecule has 1 aromatic heterocycles. The number of hydrogen-bond acceptors (Lipinski definition) is 6. The fraction of sp³-hybridized carbons (Fsp3) is 0.625. The van der Waals surface area contributed by atoms with Gasteiger partial charge in [-0.2, -0.15) is 0 Å². The van der Waals surface area contributed by atoms with Gasteiger partial charge in [-0.15, -0.1) is 11.3 Å². The monoisotopic (exact) mass is 529 g/mol. The van der Waals surface area contributed by atoms with Crippen LogP contribution < -0.4 is 5.32 Å². The van der Waals surface area contributed by atoms with Gasteiger partial charge in [0.15, 0.2) is 0 Å². The third kappa shape index (κ3) is 9.08. The zero-order valence-corrected chi connectivity index (χ0v) is 21.0. The maximum Gasteiger partial charge on any atom is 0.220 e. The summed E-state index contributed by atoms with van der Waals surface area (Å²) in [4.78, 5) is 14.0. The highest BCUT2D eigenvalue weighted by atomic mass is 79.9.